The fourth-order valence-corrected chi connectivity index (χ4v) is 5.00. The number of sulfonamides is 1. The molecule has 3 aromatic rings. The third-order valence-corrected chi connectivity index (χ3v) is 6.74. The zero-order valence-corrected chi connectivity index (χ0v) is 15.0. The maximum Gasteiger partial charge on any atom is 0.243 e. The highest BCUT2D eigenvalue weighted by molar-refractivity contribution is 7.89. The number of benzene rings is 2. The Morgan fingerprint density at radius 2 is 1.96 bits per heavy atom. The largest absolute Gasteiger partial charge is 0.243 e. The molecule has 1 heterocycles. The van der Waals surface area contributed by atoms with Gasteiger partial charge in [0, 0.05) is 12.1 Å². The van der Waals surface area contributed by atoms with E-state index in [2.05, 4.69) is 4.98 Å². The molecule has 0 aliphatic carbocycles. The third kappa shape index (κ3) is 3.26. The summed E-state index contributed by atoms with van der Waals surface area (Å²) in [5, 5.41) is 1.17. The van der Waals surface area contributed by atoms with Crippen LogP contribution >= 0.6 is 22.9 Å². The van der Waals surface area contributed by atoms with Gasteiger partial charge >= 0.3 is 0 Å². The molecule has 23 heavy (non-hydrogen) atoms. The van der Waals surface area contributed by atoms with Gasteiger partial charge in [-0.2, -0.15) is 4.31 Å². The summed E-state index contributed by atoms with van der Waals surface area (Å²) in [6.45, 7) is 1.99. The first kappa shape index (κ1) is 16.4. The Morgan fingerprint density at radius 1 is 1.22 bits per heavy atom. The first-order valence-electron chi connectivity index (χ1n) is 6.95. The second kappa shape index (κ2) is 6.20. The van der Waals surface area contributed by atoms with Crippen molar-refractivity contribution in [2.24, 2.45) is 0 Å². The summed E-state index contributed by atoms with van der Waals surface area (Å²) < 4.78 is 27.9. The van der Waals surface area contributed by atoms with Crippen LogP contribution in [0.15, 0.2) is 47.4 Å². The Hall–Kier alpha value is -1.47. The van der Waals surface area contributed by atoms with Crippen molar-refractivity contribution in [3.8, 4) is 0 Å². The number of hydrogen-bond acceptors (Lipinski definition) is 4. The predicted octanol–water partition coefficient (Wildman–Crippen LogP) is 4.08. The van der Waals surface area contributed by atoms with Crippen molar-refractivity contribution < 1.29 is 8.42 Å². The highest BCUT2D eigenvalue weighted by Crippen LogP contribution is 2.26. The van der Waals surface area contributed by atoms with Crippen molar-refractivity contribution in [1.29, 1.82) is 0 Å². The summed E-state index contributed by atoms with van der Waals surface area (Å²) in [5.74, 6) is 0. The van der Waals surface area contributed by atoms with Gasteiger partial charge in [-0.25, -0.2) is 13.4 Å². The first-order chi connectivity index (χ1) is 10.9. The predicted molar refractivity (Wildman–Crippen MR) is 94.5 cm³/mol. The number of fused-ring (bicyclic) bond motifs is 1. The lowest BCUT2D eigenvalue weighted by molar-refractivity contribution is 0.465. The topological polar surface area (TPSA) is 50.3 Å². The molecule has 0 saturated carbocycles. The van der Waals surface area contributed by atoms with E-state index < -0.39 is 10.0 Å². The van der Waals surface area contributed by atoms with E-state index in [1.807, 2.05) is 24.3 Å². The normalized spacial score (nSPS) is 12.2. The van der Waals surface area contributed by atoms with Gasteiger partial charge in [0.25, 0.3) is 0 Å². The van der Waals surface area contributed by atoms with Crippen molar-refractivity contribution in [1.82, 2.24) is 9.29 Å². The Morgan fingerprint density at radius 3 is 2.70 bits per heavy atom. The summed E-state index contributed by atoms with van der Waals surface area (Å²) in [5.41, 5.74) is 1.56. The molecule has 0 fully saturated rings. The molecule has 0 N–H and O–H groups in total. The molecular weight excluding hydrogens is 352 g/mol. The number of para-hydroxylation sites is 1. The standard InChI is InChI=1S/C16H15ClN2O2S2/c1-11-7-8-12(17)9-15(11)23(20,21)19(2)10-16-18-13-5-3-4-6-14(13)22-16/h3-9H,10H2,1-2H3. The van der Waals surface area contributed by atoms with Gasteiger partial charge in [-0.15, -0.1) is 11.3 Å². The van der Waals surface area contributed by atoms with Crippen molar-refractivity contribution in [3.63, 3.8) is 0 Å². The van der Waals surface area contributed by atoms with Crippen molar-refractivity contribution in [2.45, 2.75) is 18.4 Å². The van der Waals surface area contributed by atoms with Crippen molar-refractivity contribution in [2.75, 3.05) is 7.05 Å². The van der Waals surface area contributed by atoms with Gasteiger partial charge in [-0.05, 0) is 36.8 Å². The molecule has 7 heteroatoms. The van der Waals surface area contributed by atoms with Crippen LogP contribution in [0.3, 0.4) is 0 Å². The number of nitrogens with zero attached hydrogens (tertiary/aromatic N) is 2. The van der Waals surface area contributed by atoms with Crippen LogP contribution in [0.1, 0.15) is 10.6 Å². The van der Waals surface area contributed by atoms with Gasteiger partial charge in [0.2, 0.25) is 10.0 Å². The molecular formula is C16H15ClN2O2S2. The van der Waals surface area contributed by atoms with Crippen LogP contribution in [0.2, 0.25) is 5.02 Å². The fraction of sp³-hybridized carbons (Fsp3) is 0.188. The van der Waals surface area contributed by atoms with Crippen molar-refractivity contribution >= 4 is 43.2 Å². The molecule has 0 aliphatic heterocycles. The summed E-state index contributed by atoms with van der Waals surface area (Å²) in [6.07, 6.45) is 0. The van der Waals surface area contributed by atoms with Gasteiger partial charge in [-0.3, -0.25) is 0 Å². The second-order valence-electron chi connectivity index (χ2n) is 5.25. The number of rotatable bonds is 4. The highest BCUT2D eigenvalue weighted by atomic mass is 35.5. The molecule has 2 aromatic carbocycles. The van der Waals surface area contributed by atoms with E-state index in [4.69, 9.17) is 11.6 Å². The monoisotopic (exact) mass is 366 g/mol. The minimum Gasteiger partial charge on any atom is -0.240 e. The lowest BCUT2D eigenvalue weighted by Crippen LogP contribution is -2.27. The lowest BCUT2D eigenvalue weighted by atomic mass is 10.2. The number of thiazole rings is 1. The molecule has 0 bridgehead atoms. The van der Waals surface area contributed by atoms with Crippen molar-refractivity contribution in [3.05, 3.63) is 58.1 Å². The molecule has 0 unspecified atom stereocenters. The van der Waals surface area contributed by atoms with E-state index in [0.29, 0.717) is 10.6 Å². The minimum atomic E-state index is -3.61. The van der Waals surface area contributed by atoms with Crippen LogP contribution in [0.5, 0.6) is 0 Å². The number of halogens is 1. The van der Waals surface area contributed by atoms with Gasteiger partial charge in [0.15, 0.2) is 0 Å². The van der Waals surface area contributed by atoms with E-state index in [-0.39, 0.29) is 11.4 Å². The van der Waals surface area contributed by atoms with Crippen LogP contribution in [0.4, 0.5) is 0 Å². The average molecular weight is 367 g/mol. The van der Waals surface area contributed by atoms with Crippen LogP contribution in [0, 0.1) is 6.92 Å². The van der Waals surface area contributed by atoms with Crippen LogP contribution < -0.4 is 0 Å². The van der Waals surface area contributed by atoms with Gasteiger partial charge in [0.05, 0.1) is 21.7 Å². The van der Waals surface area contributed by atoms with Crippen LogP contribution in [-0.4, -0.2) is 24.8 Å². The van der Waals surface area contributed by atoms with Crippen LogP contribution in [0.25, 0.3) is 10.2 Å². The molecule has 4 nitrogen and oxygen atoms in total. The molecule has 3 rings (SSSR count). The van der Waals surface area contributed by atoms with E-state index in [1.54, 1.807) is 26.1 Å². The molecule has 0 atom stereocenters. The quantitative estimate of drug-likeness (QED) is 0.699. The zero-order chi connectivity index (χ0) is 16.6. The highest BCUT2D eigenvalue weighted by Gasteiger charge is 2.24. The zero-order valence-electron chi connectivity index (χ0n) is 12.7. The number of aryl methyl sites for hydroxylation is 1. The Bertz CT molecular complexity index is 934. The lowest BCUT2D eigenvalue weighted by Gasteiger charge is -2.17. The molecule has 0 saturated heterocycles. The van der Waals surface area contributed by atoms with E-state index >= 15 is 0 Å². The van der Waals surface area contributed by atoms with Crippen LogP contribution in [-0.2, 0) is 16.6 Å². The maximum atomic E-state index is 12.8. The Balaban J connectivity index is 1.92. The summed E-state index contributed by atoms with van der Waals surface area (Å²) in [7, 11) is -2.05. The fourth-order valence-electron chi connectivity index (χ4n) is 2.28. The Kier molecular flexibility index (Phi) is 4.42. The smallest absolute Gasteiger partial charge is 0.240 e. The summed E-state index contributed by atoms with van der Waals surface area (Å²) in [6, 6.07) is 12.6. The average Bonchev–Trinajstić information content (AvgIpc) is 2.91. The summed E-state index contributed by atoms with van der Waals surface area (Å²) >= 11 is 7.45. The van der Waals surface area contributed by atoms with Gasteiger partial charge < -0.3 is 0 Å². The third-order valence-electron chi connectivity index (χ3n) is 3.53. The molecule has 0 radical (unpaired) electrons. The van der Waals surface area contributed by atoms with Gasteiger partial charge in [0.1, 0.15) is 5.01 Å². The molecule has 0 aliphatic rings. The number of hydrogen-bond donors (Lipinski definition) is 0. The molecule has 1 aromatic heterocycles. The minimum absolute atomic E-state index is 0.230. The first-order valence-corrected chi connectivity index (χ1v) is 9.58. The summed E-state index contributed by atoms with van der Waals surface area (Å²) in [4.78, 5) is 4.72. The molecule has 0 amide bonds. The van der Waals surface area contributed by atoms with E-state index in [1.165, 1.54) is 21.7 Å². The molecule has 0 spiro atoms. The second-order valence-corrected chi connectivity index (χ2v) is 8.81. The maximum absolute atomic E-state index is 12.8. The van der Waals surface area contributed by atoms with E-state index in [9.17, 15) is 8.42 Å². The molecule has 120 valence electrons. The van der Waals surface area contributed by atoms with E-state index in [0.717, 1.165) is 15.2 Å². The Labute approximate surface area is 144 Å². The SMILES string of the molecule is Cc1ccc(Cl)cc1S(=O)(=O)N(C)Cc1nc2ccccc2s1. The number of aromatic nitrogens is 1. The van der Waals surface area contributed by atoms with Gasteiger partial charge in [-0.1, -0.05) is 29.8 Å².